The molecule has 1 aromatic carbocycles. The largest absolute Gasteiger partial charge is 0.495 e. The Morgan fingerprint density at radius 2 is 1.80 bits per heavy atom. The van der Waals surface area contributed by atoms with E-state index >= 15 is 0 Å². The summed E-state index contributed by atoms with van der Waals surface area (Å²) in [5.74, 6) is 1.43. The van der Waals surface area contributed by atoms with E-state index < -0.39 is 0 Å². The van der Waals surface area contributed by atoms with Crippen LogP contribution in [0.25, 0.3) is 0 Å². The fraction of sp³-hybridized carbons (Fsp3) is 0.409. The highest BCUT2D eigenvalue weighted by Crippen LogP contribution is 2.30. The number of amides is 3. The molecule has 0 bridgehead atoms. The van der Waals surface area contributed by atoms with Gasteiger partial charge in [-0.1, -0.05) is 12.1 Å². The van der Waals surface area contributed by atoms with Crippen LogP contribution < -0.4 is 14.4 Å². The van der Waals surface area contributed by atoms with Gasteiger partial charge in [-0.25, -0.2) is 4.79 Å². The minimum atomic E-state index is -0.163. The highest BCUT2D eigenvalue weighted by Gasteiger charge is 2.34. The molecule has 2 aliphatic heterocycles. The molecule has 158 valence electrons. The Balaban J connectivity index is 1.29. The van der Waals surface area contributed by atoms with Crippen molar-refractivity contribution in [1.82, 2.24) is 14.8 Å². The van der Waals surface area contributed by atoms with Crippen molar-refractivity contribution in [3.05, 3.63) is 48.8 Å². The van der Waals surface area contributed by atoms with Gasteiger partial charge in [-0.05, 0) is 24.3 Å². The zero-order chi connectivity index (χ0) is 20.9. The van der Waals surface area contributed by atoms with E-state index in [2.05, 4.69) is 4.98 Å². The van der Waals surface area contributed by atoms with Crippen molar-refractivity contribution in [1.29, 1.82) is 0 Å². The Bertz CT molecular complexity index is 884. The van der Waals surface area contributed by atoms with Gasteiger partial charge in [-0.3, -0.25) is 14.7 Å². The van der Waals surface area contributed by atoms with Gasteiger partial charge in [0, 0.05) is 51.4 Å². The Morgan fingerprint density at radius 1 is 1.07 bits per heavy atom. The molecule has 2 fully saturated rings. The number of benzene rings is 1. The number of rotatable bonds is 6. The summed E-state index contributed by atoms with van der Waals surface area (Å²) < 4.78 is 11.3. The van der Waals surface area contributed by atoms with Gasteiger partial charge in [0.2, 0.25) is 5.91 Å². The number of carbonyl (C=O) groups is 2. The van der Waals surface area contributed by atoms with E-state index in [1.165, 1.54) is 0 Å². The van der Waals surface area contributed by atoms with Gasteiger partial charge in [0.1, 0.15) is 24.1 Å². The van der Waals surface area contributed by atoms with Crippen LogP contribution >= 0.6 is 0 Å². The summed E-state index contributed by atoms with van der Waals surface area (Å²) in [7, 11) is 1.59. The molecule has 2 aromatic rings. The second-order valence-electron chi connectivity index (χ2n) is 7.41. The highest BCUT2D eigenvalue weighted by atomic mass is 16.5. The van der Waals surface area contributed by atoms with E-state index in [0.29, 0.717) is 31.9 Å². The molecule has 30 heavy (non-hydrogen) atoms. The maximum absolute atomic E-state index is 12.8. The predicted molar refractivity (Wildman–Crippen MR) is 112 cm³/mol. The highest BCUT2D eigenvalue weighted by molar-refractivity contribution is 5.97. The number of aromatic nitrogens is 1. The Kier molecular flexibility index (Phi) is 6.02. The minimum Gasteiger partial charge on any atom is -0.495 e. The van der Waals surface area contributed by atoms with Crippen LogP contribution in [0.3, 0.4) is 0 Å². The number of ether oxygens (including phenoxy) is 2. The van der Waals surface area contributed by atoms with Crippen molar-refractivity contribution in [2.24, 2.45) is 0 Å². The van der Waals surface area contributed by atoms with E-state index in [4.69, 9.17) is 9.47 Å². The zero-order valence-corrected chi connectivity index (χ0v) is 17.1. The summed E-state index contributed by atoms with van der Waals surface area (Å²) >= 11 is 0. The molecular formula is C22H26N4O4. The van der Waals surface area contributed by atoms with Gasteiger partial charge in [0.05, 0.1) is 12.8 Å². The average Bonchev–Trinajstić information content (AvgIpc) is 3.14. The SMILES string of the molecule is COc1ccccc1N1CCN(CC(=O)N2CCC(Oc3ccncc3)CC2)C1=O. The molecule has 0 atom stereocenters. The first-order valence-electron chi connectivity index (χ1n) is 10.2. The molecule has 3 amide bonds. The lowest BCUT2D eigenvalue weighted by molar-refractivity contribution is -0.133. The number of methoxy groups -OCH3 is 1. The fourth-order valence-electron chi connectivity index (χ4n) is 3.90. The van der Waals surface area contributed by atoms with E-state index in [9.17, 15) is 9.59 Å². The van der Waals surface area contributed by atoms with E-state index in [-0.39, 0.29) is 24.6 Å². The van der Waals surface area contributed by atoms with Crippen molar-refractivity contribution in [2.45, 2.75) is 18.9 Å². The van der Waals surface area contributed by atoms with Gasteiger partial charge in [0.15, 0.2) is 0 Å². The Labute approximate surface area is 176 Å². The number of anilines is 1. The van der Waals surface area contributed by atoms with Gasteiger partial charge in [0.25, 0.3) is 0 Å². The molecule has 2 saturated heterocycles. The van der Waals surface area contributed by atoms with E-state index in [1.807, 2.05) is 41.3 Å². The molecule has 1 aromatic heterocycles. The second kappa shape index (κ2) is 9.02. The van der Waals surface area contributed by atoms with Gasteiger partial charge in [-0.15, -0.1) is 0 Å². The average molecular weight is 410 g/mol. The summed E-state index contributed by atoms with van der Waals surface area (Å²) in [4.78, 5) is 34.7. The molecule has 0 N–H and O–H groups in total. The lowest BCUT2D eigenvalue weighted by Crippen LogP contribution is -2.46. The normalized spacial score (nSPS) is 17.4. The maximum Gasteiger partial charge on any atom is 0.325 e. The van der Waals surface area contributed by atoms with Crippen molar-refractivity contribution >= 4 is 17.6 Å². The summed E-state index contributed by atoms with van der Waals surface area (Å²) in [6, 6.07) is 10.9. The zero-order valence-electron chi connectivity index (χ0n) is 17.1. The van der Waals surface area contributed by atoms with Crippen LogP contribution in [0.4, 0.5) is 10.5 Å². The van der Waals surface area contributed by atoms with Crippen LogP contribution in [0.1, 0.15) is 12.8 Å². The molecule has 0 saturated carbocycles. The number of nitrogens with zero attached hydrogens (tertiary/aromatic N) is 4. The quantitative estimate of drug-likeness (QED) is 0.731. The third-order valence-corrected chi connectivity index (χ3v) is 5.54. The van der Waals surface area contributed by atoms with Crippen molar-refractivity contribution in [3.63, 3.8) is 0 Å². The first kappa shape index (κ1) is 20.0. The van der Waals surface area contributed by atoms with Gasteiger partial charge < -0.3 is 19.3 Å². The molecule has 8 nitrogen and oxygen atoms in total. The van der Waals surface area contributed by atoms with Crippen LogP contribution in [0, 0.1) is 0 Å². The monoisotopic (exact) mass is 410 g/mol. The number of pyridine rings is 1. The van der Waals surface area contributed by atoms with Crippen LogP contribution in [-0.4, -0.2) is 72.7 Å². The van der Waals surface area contributed by atoms with Crippen LogP contribution in [0.2, 0.25) is 0 Å². The first-order valence-corrected chi connectivity index (χ1v) is 10.2. The van der Waals surface area contributed by atoms with Gasteiger partial charge >= 0.3 is 6.03 Å². The van der Waals surface area contributed by atoms with E-state index in [0.717, 1.165) is 24.3 Å². The maximum atomic E-state index is 12.8. The molecule has 0 spiro atoms. The lowest BCUT2D eigenvalue weighted by atomic mass is 10.1. The number of likely N-dealkylation sites (tertiary alicyclic amines) is 1. The predicted octanol–water partition coefficient (Wildman–Crippen LogP) is 2.40. The molecule has 0 unspecified atom stereocenters. The fourth-order valence-corrected chi connectivity index (χ4v) is 3.90. The minimum absolute atomic E-state index is 0.0208. The third kappa shape index (κ3) is 4.32. The molecule has 0 radical (unpaired) electrons. The number of para-hydroxylation sites is 2. The summed E-state index contributed by atoms with van der Waals surface area (Å²) in [6.45, 7) is 2.42. The van der Waals surface area contributed by atoms with Gasteiger partial charge in [-0.2, -0.15) is 0 Å². The van der Waals surface area contributed by atoms with Crippen LogP contribution in [0.5, 0.6) is 11.5 Å². The Hall–Kier alpha value is -3.29. The number of piperidine rings is 1. The topological polar surface area (TPSA) is 75.2 Å². The van der Waals surface area contributed by atoms with Crippen molar-refractivity contribution in [3.8, 4) is 11.5 Å². The smallest absolute Gasteiger partial charge is 0.325 e. The molecular weight excluding hydrogens is 384 g/mol. The summed E-state index contributed by atoms with van der Waals surface area (Å²) in [5.41, 5.74) is 0.731. The lowest BCUT2D eigenvalue weighted by Gasteiger charge is -2.33. The molecule has 0 aliphatic carbocycles. The van der Waals surface area contributed by atoms with Crippen LogP contribution in [0.15, 0.2) is 48.8 Å². The number of carbonyl (C=O) groups excluding carboxylic acids is 2. The van der Waals surface area contributed by atoms with Crippen molar-refractivity contribution < 1.29 is 19.1 Å². The second-order valence-corrected chi connectivity index (χ2v) is 7.41. The summed E-state index contributed by atoms with van der Waals surface area (Å²) in [6.07, 6.45) is 5.04. The molecule has 2 aliphatic rings. The standard InChI is InChI=1S/C22H26N4O4/c1-29-20-5-3-2-4-19(20)26-15-14-25(22(26)28)16-21(27)24-12-8-18(9-13-24)30-17-6-10-23-11-7-17/h2-7,10-11,18H,8-9,12-16H2,1H3. The Morgan fingerprint density at radius 3 is 2.53 bits per heavy atom. The van der Waals surface area contributed by atoms with Crippen molar-refractivity contribution in [2.75, 3.05) is 44.7 Å². The number of hydrogen-bond acceptors (Lipinski definition) is 5. The summed E-state index contributed by atoms with van der Waals surface area (Å²) in [5, 5.41) is 0. The number of urea groups is 1. The third-order valence-electron chi connectivity index (χ3n) is 5.54. The molecule has 3 heterocycles. The molecule has 4 rings (SSSR count). The van der Waals surface area contributed by atoms with Crippen LogP contribution in [-0.2, 0) is 4.79 Å². The van der Waals surface area contributed by atoms with E-state index in [1.54, 1.807) is 29.3 Å². The number of hydrogen-bond donors (Lipinski definition) is 0. The molecule has 8 heteroatoms. The first-order chi connectivity index (χ1) is 14.7.